The highest BCUT2D eigenvalue weighted by Gasteiger charge is 2.21. The van der Waals surface area contributed by atoms with E-state index in [0.717, 1.165) is 28.1 Å². The second-order valence-corrected chi connectivity index (χ2v) is 12.4. The van der Waals surface area contributed by atoms with E-state index in [2.05, 4.69) is 70.6 Å². The second kappa shape index (κ2) is 12.1. The van der Waals surface area contributed by atoms with Gasteiger partial charge < -0.3 is 5.32 Å². The third kappa shape index (κ3) is 6.13. The summed E-state index contributed by atoms with van der Waals surface area (Å²) < 4.78 is 1.99. The van der Waals surface area contributed by atoms with Gasteiger partial charge in [0, 0.05) is 43.9 Å². The molecule has 1 amide bonds. The Balaban J connectivity index is 1.32. The first-order valence-corrected chi connectivity index (χ1v) is 15.4. The van der Waals surface area contributed by atoms with Crippen molar-refractivity contribution in [2.75, 3.05) is 11.1 Å². The smallest absolute Gasteiger partial charge is 0.236 e. The summed E-state index contributed by atoms with van der Waals surface area (Å²) in [4.78, 5) is 18.5. The molecule has 0 aliphatic rings. The molecule has 1 N–H and O–H groups in total. The monoisotopic (exact) mass is 611 g/mol. The zero-order valence-corrected chi connectivity index (χ0v) is 25.0. The molecule has 6 nitrogen and oxygen atoms in total. The van der Waals surface area contributed by atoms with Crippen LogP contribution in [0.3, 0.4) is 0 Å². The van der Waals surface area contributed by atoms with Crippen LogP contribution in [0.1, 0.15) is 10.4 Å². The van der Waals surface area contributed by atoms with Crippen LogP contribution in [-0.4, -0.2) is 31.4 Å². The first-order valence-electron chi connectivity index (χ1n) is 11.9. The number of halogens is 2. The summed E-state index contributed by atoms with van der Waals surface area (Å²) in [5, 5.41) is 18.0. The second-order valence-electron chi connectivity index (χ2n) is 8.65. The molecule has 0 aliphatic carbocycles. The maximum Gasteiger partial charge on any atom is 0.236 e. The fourth-order valence-corrected chi connectivity index (χ4v) is 6.87. The van der Waals surface area contributed by atoms with Crippen LogP contribution in [0.25, 0.3) is 33.8 Å². The van der Waals surface area contributed by atoms with Crippen molar-refractivity contribution in [3.05, 3.63) is 86.4 Å². The molecule has 39 heavy (non-hydrogen) atoms. The molecule has 0 fully saturated rings. The maximum absolute atomic E-state index is 12.8. The number of nitrogens with one attached hydrogen (secondary N) is 1. The van der Waals surface area contributed by atoms with Gasteiger partial charge in [-0.3, -0.25) is 9.36 Å². The molecule has 2 aromatic carbocycles. The van der Waals surface area contributed by atoms with Crippen LogP contribution >= 0.6 is 57.6 Å². The van der Waals surface area contributed by atoms with Crippen LogP contribution in [0, 0.1) is 13.8 Å². The van der Waals surface area contributed by atoms with Gasteiger partial charge in [0.15, 0.2) is 16.1 Å². The van der Waals surface area contributed by atoms with E-state index in [4.69, 9.17) is 23.2 Å². The Hall–Kier alpha value is -2.95. The predicted octanol–water partition coefficient (Wildman–Crippen LogP) is 8.64. The van der Waals surface area contributed by atoms with Crippen molar-refractivity contribution in [2.24, 2.45) is 0 Å². The van der Waals surface area contributed by atoms with Gasteiger partial charge >= 0.3 is 0 Å². The number of rotatable bonds is 9. The number of hydrogen-bond acceptors (Lipinski definition) is 7. The lowest BCUT2D eigenvalue weighted by atomic mass is 10.0. The van der Waals surface area contributed by atoms with Crippen molar-refractivity contribution in [3.63, 3.8) is 0 Å². The van der Waals surface area contributed by atoms with E-state index in [1.807, 2.05) is 16.0 Å². The average Bonchev–Trinajstić information content (AvgIpc) is 3.62. The fourth-order valence-electron chi connectivity index (χ4n) is 4.02. The number of hydrogen-bond donors (Lipinski definition) is 1. The SMILES string of the molecule is C=CCn1c(SCC(=O)Nc2nc(-c3ccc(Cl)cc3Cl)cs2)nnc1-c1csc(C)c1-c1ccc(C)cc1. The van der Waals surface area contributed by atoms with Gasteiger partial charge in [0.25, 0.3) is 0 Å². The molecule has 198 valence electrons. The van der Waals surface area contributed by atoms with E-state index >= 15 is 0 Å². The molecule has 0 radical (unpaired) electrons. The van der Waals surface area contributed by atoms with E-state index in [-0.39, 0.29) is 11.7 Å². The Bertz CT molecular complexity index is 1660. The van der Waals surface area contributed by atoms with Crippen molar-refractivity contribution >= 4 is 68.7 Å². The number of amides is 1. The number of aryl methyl sites for hydroxylation is 2. The topological polar surface area (TPSA) is 72.7 Å². The van der Waals surface area contributed by atoms with Crippen LogP contribution in [0.5, 0.6) is 0 Å². The minimum atomic E-state index is -0.190. The largest absolute Gasteiger partial charge is 0.301 e. The molecule has 0 unspecified atom stereocenters. The molecular formula is C28H23Cl2N5OS3. The molecule has 3 aromatic heterocycles. The molecular weight excluding hydrogens is 589 g/mol. The van der Waals surface area contributed by atoms with E-state index in [9.17, 15) is 4.79 Å². The number of anilines is 1. The van der Waals surface area contributed by atoms with Gasteiger partial charge in [-0.2, -0.15) is 0 Å². The molecule has 0 aliphatic heterocycles. The minimum absolute atomic E-state index is 0.152. The predicted molar refractivity (Wildman–Crippen MR) is 165 cm³/mol. The number of thiazole rings is 1. The number of benzene rings is 2. The third-order valence-corrected chi connectivity index (χ3v) is 9.06. The van der Waals surface area contributed by atoms with Crippen molar-refractivity contribution in [2.45, 2.75) is 25.5 Å². The highest BCUT2D eigenvalue weighted by molar-refractivity contribution is 7.99. The van der Waals surface area contributed by atoms with E-state index < -0.39 is 0 Å². The van der Waals surface area contributed by atoms with Gasteiger partial charge in [0.05, 0.1) is 16.5 Å². The first kappa shape index (κ1) is 27.6. The Morgan fingerprint density at radius 3 is 2.62 bits per heavy atom. The number of carbonyl (C=O) groups is 1. The molecule has 0 saturated heterocycles. The average molecular weight is 613 g/mol. The lowest BCUT2D eigenvalue weighted by molar-refractivity contribution is -0.113. The Labute approximate surface area is 248 Å². The molecule has 0 saturated carbocycles. The fraction of sp³-hybridized carbons (Fsp3) is 0.143. The summed E-state index contributed by atoms with van der Waals surface area (Å²) in [6.45, 7) is 8.62. The summed E-state index contributed by atoms with van der Waals surface area (Å²) in [5.41, 5.74) is 5.94. The standard InChI is InChI=1S/C28H23Cl2N5OS3/c1-4-11-35-26(21-13-37-17(3)25(21)18-7-5-16(2)6-8-18)33-34-28(35)39-15-24(36)32-27-31-23(14-38-27)20-10-9-19(29)12-22(20)30/h4-10,12-14H,1,11,15H2,2-3H3,(H,31,32,36). The molecule has 0 bridgehead atoms. The summed E-state index contributed by atoms with van der Waals surface area (Å²) in [7, 11) is 0. The zero-order chi connectivity index (χ0) is 27.5. The van der Waals surface area contributed by atoms with Gasteiger partial charge in [0.1, 0.15) is 0 Å². The number of allylic oxidation sites excluding steroid dienone is 1. The quantitative estimate of drug-likeness (QED) is 0.133. The van der Waals surface area contributed by atoms with Crippen LogP contribution in [-0.2, 0) is 11.3 Å². The molecule has 3 heterocycles. The Kier molecular flexibility index (Phi) is 8.54. The zero-order valence-electron chi connectivity index (χ0n) is 21.1. The normalized spacial score (nSPS) is 11.1. The lowest BCUT2D eigenvalue weighted by Crippen LogP contribution is -2.14. The summed E-state index contributed by atoms with van der Waals surface area (Å²) in [6.07, 6.45) is 1.81. The highest BCUT2D eigenvalue weighted by atomic mass is 35.5. The van der Waals surface area contributed by atoms with Gasteiger partial charge in [-0.25, -0.2) is 4.98 Å². The maximum atomic E-state index is 12.8. The van der Waals surface area contributed by atoms with Crippen LogP contribution in [0.15, 0.2) is 71.0 Å². The number of aromatic nitrogens is 4. The highest BCUT2D eigenvalue weighted by Crippen LogP contribution is 2.39. The van der Waals surface area contributed by atoms with Crippen molar-refractivity contribution in [1.82, 2.24) is 19.7 Å². The molecule has 11 heteroatoms. The van der Waals surface area contributed by atoms with Gasteiger partial charge in [0.2, 0.25) is 5.91 Å². The number of thioether (sulfide) groups is 1. The number of thiophene rings is 1. The van der Waals surface area contributed by atoms with Gasteiger partial charge in [-0.15, -0.1) is 39.4 Å². The minimum Gasteiger partial charge on any atom is -0.301 e. The molecule has 5 rings (SSSR count). The molecule has 0 atom stereocenters. The van der Waals surface area contributed by atoms with Crippen LogP contribution in [0.2, 0.25) is 10.0 Å². The van der Waals surface area contributed by atoms with Crippen LogP contribution < -0.4 is 5.32 Å². The van der Waals surface area contributed by atoms with Crippen molar-refractivity contribution < 1.29 is 4.79 Å². The Morgan fingerprint density at radius 2 is 1.87 bits per heavy atom. The van der Waals surface area contributed by atoms with E-state index in [0.29, 0.717) is 32.6 Å². The van der Waals surface area contributed by atoms with Gasteiger partial charge in [-0.05, 0) is 37.6 Å². The van der Waals surface area contributed by atoms with Crippen LogP contribution in [0.4, 0.5) is 5.13 Å². The third-order valence-electron chi connectivity index (χ3n) is 5.87. The van der Waals surface area contributed by atoms with Crippen molar-refractivity contribution in [1.29, 1.82) is 0 Å². The summed E-state index contributed by atoms with van der Waals surface area (Å²) in [6, 6.07) is 13.7. The van der Waals surface area contributed by atoms with Gasteiger partial charge in [-0.1, -0.05) is 70.9 Å². The first-order chi connectivity index (χ1) is 18.8. The van der Waals surface area contributed by atoms with E-state index in [1.165, 1.54) is 33.5 Å². The number of carbonyl (C=O) groups excluding carboxylic acids is 1. The molecule has 5 aromatic rings. The number of nitrogens with zero attached hydrogens (tertiary/aromatic N) is 4. The molecule has 0 spiro atoms. The summed E-state index contributed by atoms with van der Waals surface area (Å²) in [5.74, 6) is 0.714. The Morgan fingerprint density at radius 1 is 1.08 bits per heavy atom. The van der Waals surface area contributed by atoms with E-state index in [1.54, 1.807) is 29.5 Å². The summed E-state index contributed by atoms with van der Waals surface area (Å²) >= 11 is 16.6. The lowest BCUT2D eigenvalue weighted by Gasteiger charge is -2.10. The van der Waals surface area contributed by atoms with Crippen molar-refractivity contribution in [3.8, 4) is 33.8 Å².